The van der Waals surface area contributed by atoms with Gasteiger partial charge in [-0.1, -0.05) is 38.0 Å². The van der Waals surface area contributed by atoms with Gasteiger partial charge in [0, 0.05) is 56.4 Å². The minimum Gasteiger partial charge on any atom is -0.368 e. The van der Waals surface area contributed by atoms with Crippen molar-refractivity contribution < 1.29 is 4.79 Å². The van der Waals surface area contributed by atoms with E-state index in [1.807, 2.05) is 48.9 Å². The number of nitrogens with one attached hydrogen (secondary N) is 1. The zero-order valence-electron chi connectivity index (χ0n) is 20.7. The maximum absolute atomic E-state index is 12.1. The summed E-state index contributed by atoms with van der Waals surface area (Å²) >= 11 is 0. The molecule has 3 heterocycles. The number of rotatable bonds is 8. The Balaban J connectivity index is 1.26. The second-order valence-electron chi connectivity index (χ2n) is 9.19. The summed E-state index contributed by atoms with van der Waals surface area (Å²) in [5.41, 5.74) is 5.97. The van der Waals surface area contributed by atoms with Crippen molar-refractivity contribution in [1.29, 1.82) is 0 Å². The lowest BCUT2D eigenvalue weighted by atomic mass is 10.0. The highest BCUT2D eigenvalue weighted by atomic mass is 16.1. The van der Waals surface area contributed by atoms with Gasteiger partial charge in [0.15, 0.2) is 0 Å². The molecule has 0 bridgehead atoms. The quantitative estimate of drug-likeness (QED) is 0.334. The molecule has 36 heavy (non-hydrogen) atoms. The highest BCUT2D eigenvalue weighted by Crippen LogP contribution is 2.26. The molecule has 1 fully saturated rings. The first-order valence-corrected chi connectivity index (χ1v) is 12.8. The number of anilines is 3. The number of carbonyl (C=O) groups excluding carboxylic acids is 1. The molecule has 1 aliphatic rings. The van der Waals surface area contributed by atoms with Crippen molar-refractivity contribution in [3.05, 3.63) is 73.2 Å². The van der Waals surface area contributed by atoms with Crippen molar-refractivity contribution in [2.75, 3.05) is 41.3 Å². The van der Waals surface area contributed by atoms with Crippen molar-refractivity contribution in [3.8, 4) is 11.1 Å². The van der Waals surface area contributed by atoms with Crippen molar-refractivity contribution in [2.24, 2.45) is 0 Å². The first-order valence-electron chi connectivity index (χ1n) is 12.8. The molecule has 0 atom stereocenters. The number of hydrogen-bond donors (Lipinski definition) is 1. The number of amides is 1. The average Bonchev–Trinajstić information content (AvgIpc) is 2.93. The van der Waals surface area contributed by atoms with E-state index in [1.165, 1.54) is 5.69 Å². The Hall–Kier alpha value is -4.00. The Morgan fingerprint density at radius 2 is 1.58 bits per heavy atom. The number of nitrogens with zero attached hydrogens (tertiary/aromatic N) is 5. The Bertz CT molecular complexity index is 1300. The van der Waals surface area contributed by atoms with E-state index < -0.39 is 0 Å². The molecule has 7 nitrogen and oxygen atoms in total. The fourth-order valence-electron chi connectivity index (χ4n) is 4.59. The van der Waals surface area contributed by atoms with E-state index in [1.54, 1.807) is 0 Å². The molecule has 0 spiro atoms. The molecule has 0 aliphatic carbocycles. The molecule has 1 aliphatic heterocycles. The zero-order chi connectivity index (χ0) is 24.7. The number of pyridine rings is 1. The molecule has 7 heteroatoms. The van der Waals surface area contributed by atoms with Crippen LogP contribution in [-0.4, -0.2) is 47.0 Å². The van der Waals surface area contributed by atoms with Gasteiger partial charge in [-0.05, 0) is 53.9 Å². The largest absolute Gasteiger partial charge is 0.368 e. The molecule has 0 saturated carbocycles. The van der Waals surface area contributed by atoms with Gasteiger partial charge in [0.25, 0.3) is 0 Å². The number of benzene rings is 2. The first-order chi connectivity index (χ1) is 17.7. The fraction of sp³-hybridized carbons (Fsp3) is 0.310. The lowest BCUT2D eigenvalue weighted by molar-refractivity contribution is -0.116. The summed E-state index contributed by atoms with van der Waals surface area (Å²) in [6.45, 7) is 5.80. The number of unbranched alkanes of at least 4 members (excludes halogenated alkanes) is 2. The molecule has 0 radical (unpaired) electrons. The van der Waals surface area contributed by atoms with Crippen LogP contribution in [0.5, 0.6) is 0 Å². The van der Waals surface area contributed by atoms with E-state index in [2.05, 4.69) is 56.3 Å². The van der Waals surface area contributed by atoms with Crippen LogP contribution >= 0.6 is 0 Å². The SMILES string of the molecule is CCCCCC(=O)Nc1ccc(-c2ccc3ncc(N4CCN(c5ccncc5)CC4)nc3c2)cc1. The number of aromatic nitrogens is 3. The topological polar surface area (TPSA) is 74.2 Å². The minimum atomic E-state index is 0.0753. The smallest absolute Gasteiger partial charge is 0.224 e. The summed E-state index contributed by atoms with van der Waals surface area (Å²) in [5.74, 6) is 0.987. The van der Waals surface area contributed by atoms with Gasteiger partial charge in [-0.3, -0.25) is 14.8 Å². The van der Waals surface area contributed by atoms with E-state index in [9.17, 15) is 4.79 Å². The van der Waals surface area contributed by atoms with E-state index in [4.69, 9.17) is 4.98 Å². The van der Waals surface area contributed by atoms with E-state index in [-0.39, 0.29) is 5.91 Å². The Kier molecular flexibility index (Phi) is 7.36. The molecule has 0 unspecified atom stereocenters. The first kappa shape index (κ1) is 23.7. The van der Waals surface area contributed by atoms with Crippen molar-refractivity contribution in [1.82, 2.24) is 15.0 Å². The molecule has 184 valence electrons. The molecule has 4 aromatic rings. The van der Waals surface area contributed by atoms with Crippen LogP contribution in [0, 0.1) is 0 Å². The number of piperazine rings is 1. The van der Waals surface area contributed by atoms with Crippen molar-refractivity contribution in [2.45, 2.75) is 32.6 Å². The van der Waals surface area contributed by atoms with Gasteiger partial charge in [-0.2, -0.15) is 0 Å². The third-order valence-corrected chi connectivity index (χ3v) is 6.67. The Morgan fingerprint density at radius 1 is 0.861 bits per heavy atom. The molecule has 2 aromatic heterocycles. The van der Waals surface area contributed by atoms with E-state index in [0.717, 1.165) is 79.1 Å². The van der Waals surface area contributed by atoms with Crippen LogP contribution in [0.1, 0.15) is 32.6 Å². The van der Waals surface area contributed by atoms with Crippen LogP contribution in [-0.2, 0) is 4.79 Å². The second kappa shape index (κ2) is 11.2. The molecule has 2 aromatic carbocycles. The lowest BCUT2D eigenvalue weighted by Gasteiger charge is -2.36. The van der Waals surface area contributed by atoms with Gasteiger partial charge in [-0.25, -0.2) is 4.98 Å². The molecular formula is C29H32N6O. The minimum absolute atomic E-state index is 0.0753. The van der Waals surface area contributed by atoms with Gasteiger partial charge in [0.2, 0.25) is 5.91 Å². The summed E-state index contributed by atoms with van der Waals surface area (Å²) in [6.07, 6.45) is 9.26. The number of carbonyl (C=O) groups is 1. The highest BCUT2D eigenvalue weighted by molar-refractivity contribution is 5.91. The monoisotopic (exact) mass is 480 g/mol. The number of fused-ring (bicyclic) bond motifs is 1. The summed E-state index contributed by atoms with van der Waals surface area (Å²) in [5, 5.41) is 2.99. The third kappa shape index (κ3) is 5.62. The molecule has 1 saturated heterocycles. The van der Waals surface area contributed by atoms with Gasteiger partial charge < -0.3 is 15.1 Å². The molecule has 1 amide bonds. The van der Waals surface area contributed by atoms with Crippen LogP contribution in [0.3, 0.4) is 0 Å². The number of hydrogen-bond acceptors (Lipinski definition) is 6. The summed E-state index contributed by atoms with van der Waals surface area (Å²) in [6, 6.07) is 18.3. The molecule has 5 rings (SSSR count). The summed E-state index contributed by atoms with van der Waals surface area (Å²) in [4.78, 5) is 30.5. The van der Waals surface area contributed by atoms with E-state index >= 15 is 0 Å². The van der Waals surface area contributed by atoms with Crippen molar-refractivity contribution >= 4 is 34.1 Å². The normalized spacial score (nSPS) is 13.7. The maximum Gasteiger partial charge on any atom is 0.224 e. The van der Waals surface area contributed by atoms with Gasteiger partial charge >= 0.3 is 0 Å². The van der Waals surface area contributed by atoms with Crippen molar-refractivity contribution in [3.63, 3.8) is 0 Å². The van der Waals surface area contributed by atoms with Crippen LogP contribution in [0.4, 0.5) is 17.2 Å². The molecular weight excluding hydrogens is 448 g/mol. The van der Waals surface area contributed by atoms with Gasteiger partial charge in [-0.15, -0.1) is 0 Å². The standard InChI is InChI=1S/C29H32N6O/c1-2-3-4-5-29(36)32-24-9-6-22(7-10-24)23-8-11-26-27(20-23)33-28(21-31-26)35-18-16-34(17-19-35)25-12-14-30-15-13-25/h6-15,20-21H,2-5,16-19H2,1H3,(H,32,36). The molecule has 1 N–H and O–H groups in total. The Morgan fingerprint density at radius 3 is 2.33 bits per heavy atom. The van der Waals surface area contributed by atoms with Crippen LogP contribution < -0.4 is 15.1 Å². The van der Waals surface area contributed by atoms with Crippen LogP contribution in [0.2, 0.25) is 0 Å². The predicted molar refractivity (Wildman–Crippen MR) is 146 cm³/mol. The third-order valence-electron chi connectivity index (χ3n) is 6.67. The summed E-state index contributed by atoms with van der Waals surface area (Å²) in [7, 11) is 0. The predicted octanol–water partition coefficient (Wildman–Crippen LogP) is 5.54. The average molecular weight is 481 g/mol. The van der Waals surface area contributed by atoms with Gasteiger partial charge in [0.05, 0.1) is 17.2 Å². The van der Waals surface area contributed by atoms with E-state index in [0.29, 0.717) is 6.42 Å². The maximum atomic E-state index is 12.1. The highest BCUT2D eigenvalue weighted by Gasteiger charge is 2.19. The Labute approximate surface area is 212 Å². The summed E-state index contributed by atoms with van der Waals surface area (Å²) < 4.78 is 0. The zero-order valence-corrected chi connectivity index (χ0v) is 20.7. The van der Waals surface area contributed by atoms with Crippen LogP contribution in [0.15, 0.2) is 73.2 Å². The fourth-order valence-corrected chi connectivity index (χ4v) is 4.59. The van der Waals surface area contributed by atoms with Crippen LogP contribution in [0.25, 0.3) is 22.2 Å². The second-order valence-corrected chi connectivity index (χ2v) is 9.19. The lowest BCUT2D eigenvalue weighted by Crippen LogP contribution is -2.46. The van der Waals surface area contributed by atoms with Gasteiger partial charge in [0.1, 0.15) is 5.82 Å².